The van der Waals surface area contributed by atoms with E-state index in [1.54, 1.807) is 0 Å². The van der Waals surface area contributed by atoms with Crippen molar-refractivity contribution in [3.05, 3.63) is 23.3 Å². The molecule has 0 bridgehead atoms. The number of rotatable bonds is 0. The molecule has 0 aliphatic heterocycles. The maximum Gasteiger partial charge on any atom is -0.0133 e. The molecule has 0 aromatic heterocycles. The topological polar surface area (TPSA) is 0 Å². The molecular weight excluding hydrogens is 108 g/mol. The van der Waals surface area contributed by atoms with E-state index in [2.05, 4.69) is 26.0 Å². The fourth-order valence-corrected chi connectivity index (χ4v) is 0.828. The van der Waals surface area contributed by atoms with E-state index < -0.39 is 0 Å². The third kappa shape index (κ3) is 3.12. The smallest absolute Gasteiger partial charge is 0.0133 e. The van der Waals surface area contributed by atoms with Gasteiger partial charge in [-0.15, -0.1) is 0 Å². The van der Waals surface area contributed by atoms with Gasteiger partial charge in [-0.1, -0.05) is 37.1 Å². The van der Waals surface area contributed by atoms with Crippen LogP contribution in [-0.2, 0) is 0 Å². The van der Waals surface area contributed by atoms with Crippen molar-refractivity contribution in [3.8, 4) is 0 Å². The molecule has 0 heteroatoms. The SMILES string of the molecule is CC.CC1=CCC(C)=C1. The van der Waals surface area contributed by atoms with E-state index in [4.69, 9.17) is 0 Å². The average Bonchev–Trinajstić information content (AvgIpc) is 2.20. The van der Waals surface area contributed by atoms with Crippen LogP contribution >= 0.6 is 0 Å². The minimum atomic E-state index is 1.17. The summed E-state index contributed by atoms with van der Waals surface area (Å²) in [5, 5.41) is 0. The van der Waals surface area contributed by atoms with E-state index in [1.807, 2.05) is 13.8 Å². The molecule has 52 valence electrons. The lowest BCUT2D eigenvalue weighted by atomic mass is 10.3. The van der Waals surface area contributed by atoms with Crippen molar-refractivity contribution in [1.29, 1.82) is 0 Å². The Labute approximate surface area is 58.3 Å². The summed E-state index contributed by atoms with van der Waals surface area (Å²) in [6, 6.07) is 0. The minimum absolute atomic E-state index is 1.17. The normalized spacial score (nSPS) is 15.6. The standard InChI is InChI=1S/C7H10.C2H6/c1-6-3-4-7(2)5-6;1-2/h3,5H,4H2,1-2H3;1-2H3. The zero-order chi connectivity index (χ0) is 7.28. The molecule has 1 aliphatic rings. The molecule has 0 aromatic rings. The second kappa shape index (κ2) is 4.37. The molecule has 0 heterocycles. The Morgan fingerprint density at radius 1 is 1.22 bits per heavy atom. The van der Waals surface area contributed by atoms with Crippen LogP contribution in [0.3, 0.4) is 0 Å². The van der Waals surface area contributed by atoms with E-state index in [0.29, 0.717) is 0 Å². The fourth-order valence-electron chi connectivity index (χ4n) is 0.828. The van der Waals surface area contributed by atoms with Crippen LogP contribution in [-0.4, -0.2) is 0 Å². The first-order chi connectivity index (χ1) is 4.29. The second-order valence-electron chi connectivity index (χ2n) is 2.14. The first-order valence-corrected chi connectivity index (χ1v) is 3.63. The minimum Gasteiger partial charge on any atom is -0.0775 e. The molecule has 0 atom stereocenters. The summed E-state index contributed by atoms with van der Waals surface area (Å²) < 4.78 is 0. The molecule has 0 nitrogen and oxygen atoms in total. The van der Waals surface area contributed by atoms with Gasteiger partial charge in [0.1, 0.15) is 0 Å². The summed E-state index contributed by atoms with van der Waals surface area (Å²) in [5.74, 6) is 0. The summed E-state index contributed by atoms with van der Waals surface area (Å²) in [4.78, 5) is 0. The van der Waals surface area contributed by atoms with Crippen molar-refractivity contribution in [1.82, 2.24) is 0 Å². The highest BCUT2D eigenvalue weighted by molar-refractivity contribution is 5.29. The molecule has 0 radical (unpaired) electrons. The van der Waals surface area contributed by atoms with Crippen LogP contribution in [0, 0.1) is 0 Å². The molecule has 0 unspecified atom stereocenters. The molecule has 0 amide bonds. The summed E-state index contributed by atoms with van der Waals surface area (Å²) in [5.41, 5.74) is 2.90. The Balaban J connectivity index is 0.000000291. The molecule has 0 spiro atoms. The number of hydrogen-bond acceptors (Lipinski definition) is 0. The maximum absolute atomic E-state index is 2.25. The van der Waals surface area contributed by atoms with Gasteiger partial charge in [0.2, 0.25) is 0 Å². The van der Waals surface area contributed by atoms with Crippen LogP contribution in [0.15, 0.2) is 23.3 Å². The Morgan fingerprint density at radius 3 is 1.89 bits per heavy atom. The van der Waals surface area contributed by atoms with Crippen molar-refractivity contribution in [2.24, 2.45) is 0 Å². The molecule has 0 saturated heterocycles. The fraction of sp³-hybridized carbons (Fsp3) is 0.556. The van der Waals surface area contributed by atoms with Gasteiger partial charge in [-0.05, 0) is 20.3 Å². The average molecular weight is 124 g/mol. The molecule has 0 fully saturated rings. The Kier molecular flexibility index (Phi) is 4.12. The molecule has 0 saturated carbocycles. The predicted molar refractivity (Wildman–Crippen MR) is 43.5 cm³/mol. The van der Waals surface area contributed by atoms with Crippen molar-refractivity contribution in [3.63, 3.8) is 0 Å². The van der Waals surface area contributed by atoms with E-state index in [-0.39, 0.29) is 0 Å². The zero-order valence-corrected chi connectivity index (χ0v) is 6.86. The van der Waals surface area contributed by atoms with Crippen LogP contribution in [0.2, 0.25) is 0 Å². The zero-order valence-electron chi connectivity index (χ0n) is 6.86. The summed E-state index contributed by atoms with van der Waals surface area (Å²) >= 11 is 0. The van der Waals surface area contributed by atoms with Gasteiger partial charge in [-0.25, -0.2) is 0 Å². The third-order valence-corrected chi connectivity index (χ3v) is 1.22. The van der Waals surface area contributed by atoms with Gasteiger partial charge in [0.25, 0.3) is 0 Å². The first-order valence-electron chi connectivity index (χ1n) is 3.63. The van der Waals surface area contributed by atoms with Gasteiger partial charge >= 0.3 is 0 Å². The van der Waals surface area contributed by atoms with Gasteiger partial charge in [-0.2, -0.15) is 0 Å². The van der Waals surface area contributed by atoms with E-state index >= 15 is 0 Å². The van der Waals surface area contributed by atoms with E-state index in [9.17, 15) is 0 Å². The van der Waals surface area contributed by atoms with Crippen molar-refractivity contribution < 1.29 is 0 Å². The van der Waals surface area contributed by atoms with Crippen LogP contribution in [0.5, 0.6) is 0 Å². The Hall–Kier alpha value is -0.520. The number of allylic oxidation sites excluding steroid dienone is 4. The van der Waals surface area contributed by atoms with Gasteiger partial charge in [0, 0.05) is 0 Å². The Bertz CT molecular complexity index is 127. The second-order valence-corrected chi connectivity index (χ2v) is 2.14. The summed E-state index contributed by atoms with van der Waals surface area (Å²) in [6.45, 7) is 8.30. The van der Waals surface area contributed by atoms with Gasteiger partial charge in [-0.3, -0.25) is 0 Å². The largest absolute Gasteiger partial charge is 0.0775 e. The molecule has 1 rings (SSSR count). The lowest BCUT2D eigenvalue weighted by Crippen LogP contribution is -1.59. The van der Waals surface area contributed by atoms with Crippen LogP contribution in [0.4, 0.5) is 0 Å². The van der Waals surface area contributed by atoms with Crippen molar-refractivity contribution in [2.75, 3.05) is 0 Å². The molecule has 1 aliphatic carbocycles. The highest BCUT2D eigenvalue weighted by Gasteiger charge is 1.94. The lowest BCUT2D eigenvalue weighted by molar-refractivity contribution is 1.25. The molecule has 0 N–H and O–H groups in total. The molecular formula is C9H16. The maximum atomic E-state index is 2.25. The monoisotopic (exact) mass is 124 g/mol. The van der Waals surface area contributed by atoms with E-state index in [0.717, 1.165) is 0 Å². The number of hydrogen-bond donors (Lipinski definition) is 0. The van der Waals surface area contributed by atoms with Crippen LogP contribution in [0.1, 0.15) is 34.1 Å². The predicted octanol–water partition coefficient (Wildman–Crippen LogP) is 3.31. The van der Waals surface area contributed by atoms with Crippen LogP contribution < -0.4 is 0 Å². The highest BCUT2D eigenvalue weighted by Crippen LogP contribution is 2.14. The van der Waals surface area contributed by atoms with Gasteiger partial charge in [0.05, 0.1) is 0 Å². The quantitative estimate of drug-likeness (QED) is 0.464. The van der Waals surface area contributed by atoms with E-state index in [1.165, 1.54) is 17.6 Å². The van der Waals surface area contributed by atoms with Crippen LogP contribution in [0.25, 0.3) is 0 Å². The Morgan fingerprint density at radius 2 is 1.78 bits per heavy atom. The first kappa shape index (κ1) is 8.48. The van der Waals surface area contributed by atoms with Gasteiger partial charge < -0.3 is 0 Å². The third-order valence-electron chi connectivity index (χ3n) is 1.22. The molecule has 9 heavy (non-hydrogen) atoms. The van der Waals surface area contributed by atoms with Crippen molar-refractivity contribution in [2.45, 2.75) is 34.1 Å². The van der Waals surface area contributed by atoms with Crippen molar-refractivity contribution >= 4 is 0 Å². The molecule has 0 aromatic carbocycles. The van der Waals surface area contributed by atoms with Gasteiger partial charge in [0.15, 0.2) is 0 Å². The lowest BCUT2D eigenvalue weighted by Gasteiger charge is -1.79. The summed E-state index contributed by atoms with van der Waals surface area (Å²) in [6.07, 6.45) is 5.64. The highest BCUT2D eigenvalue weighted by atomic mass is 14.0. The summed E-state index contributed by atoms with van der Waals surface area (Å²) in [7, 11) is 0.